The number of hydrogen-bond acceptors (Lipinski definition) is 10. The number of fused-ring (bicyclic) bond motifs is 3. The van der Waals surface area contributed by atoms with Gasteiger partial charge in [0.15, 0.2) is 5.79 Å². The van der Waals surface area contributed by atoms with Gasteiger partial charge in [0, 0.05) is 44.2 Å². The maximum absolute atomic E-state index is 14.0. The summed E-state index contributed by atoms with van der Waals surface area (Å²) in [4.78, 5) is 52.7. The monoisotopic (exact) mass is 891 g/mol. The molecule has 12 nitrogen and oxygen atoms in total. The molecule has 0 aromatic heterocycles. The molecule has 2 aliphatic heterocycles. The molecular formula is C52H78N2O10. The van der Waals surface area contributed by atoms with E-state index in [4.69, 9.17) is 23.7 Å². The van der Waals surface area contributed by atoms with Crippen LogP contribution in [0, 0.1) is 17.3 Å². The van der Waals surface area contributed by atoms with E-state index in [1.54, 1.807) is 26.8 Å². The third-order valence-corrected chi connectivity index (χ3v) is 14.3. The molecule has 0 spiro atoms. The van der Waals surface area contributed by atoms with Gasteiger partial charge in [0.05, 0.1) is 29.9 Å². The number of nitrogens with one attached hydrogen (secondary N) is 2. The van der Waals surface area contributed by atoms with Crippen molar-refractivity contribution >= 4 is 29.8 Å². The summed E-state index contributed by atoms with van der Waals surface area (Å²) < 4.78 is 31.4. The molecule has 6 rings (SSSR count). The number of epoxide rings is 1. The standard InChI is InChI=1S/C52H78N2O10/c1-9-11-13-25-52(26-14-12-10-2)61-42-31-37(47(58)53-28-24-44(56)54-38(33-55)20-22-45(57)63-49(3,4)5)30-41(46(42)64-52)60-48(59)35-17-15-34(16-18-35)29-36-19-21-43-51(8,62-43)27-23-40-39(36)32-50(40,6)7/h15-18,29,31,38-43,46,55H,9-14,19-28,30,32-33H2,1-8H3,(H,53,58)(H,54,56). The van der Waals surface area contributed by atoms with E-state index in [-0.39, 0.29) is 56.3 Å². The smallest absolute Gasteiger partial charge is 0.338 e. The number of allylic oxidation sites excluding steroid dienone is 1. The largest absolute Gasteiger partial charge is 0.460 e. The Kier molecular flexibility index (Phi) is 16.6. The first-order valence-electron chi connectivity index (χ1n) is 24.5. The number of hydrogen-bond donors (Lipinski definition) is 3. The van der Waals surface area contributed by atoms with Gasteiger partial charge in [-0.25, -0.2) is 4.79 Å². The van der Waals surface area contributed by atoms with Crippen LogP contribution in [0.3, 0.4) is 0 Å². The molecule has 0 bridgehead atoms. The van der Waals surface area contributed by atoms with Crippen LogP contribution in [0.4, 0.5) is 0 Å². The summed E-state index contributed by atoms with van der Waals surface area (Å²) in [5.41, 5.74) is 3.10. The summed E-state index contributed by atoms with van der Waals surface area (Å²) in [6.07, 6.45) is 15.9. The van der Waals surface area contributed by atoms with E-state index in [0.29, 0.717) is 47.3 Å². The molecule has 64 heavy (non-hydrogen) atoms. The number of carbonyl (C=O) groups is 4. The summed E-state index contributed by atoms with van der Waals surface area (Å²) in [7, 11) is 0. The predicted octanol–water partition coefficient (Wildman–Crippen LogP) is 9.07. The van der Waals surface area contributed by atoms with E-state index in [2.05, 4.69) is 51.3 Å². The van der Waals surface area contributed by atoms with Crippen molar-refractivity contribution in [3.63, 3.8) is 0 Å². The first kappa shape index (κ1) is 49.8. The van der Waals surface area contributed by atoms with Crippen LogP contribution in [-0.4, -0.2) is 89.5 Å². The van der Waals surface area contributed by atoms with Crippen molar-refractivity contribution in [2.45, 2.75) is 212 Å². The number of unbranched alkanes of at least 4 members (excludes halogenated alkanes) is 4. The van der Waals surface area contributed by atoms with Crippen molar-refractivity contribution in [2.75, 3.05) is 13.2 Å². The number of ether oxygens (including phenoxy) is 5. The molecule has 4 fully saturated rings. The Morgan fingerprint density at radius 2 is 1.64 bits per heavy atom. The van der Waals surface area contributed by atoms with Crippen LogP contribution < -0.4 is 10.6 Å². The highest BCUT2D eigenvalue weighted by molar-refractivity contribution is 5.94. The average molecular weight is 891 g/mol. The number of aliphatic hydroxyl groups is 1. The number of amides is 2. The number of aliphatic hydroxyl groups excluding tert-OH is 1. The van der Waals surface area contributed by atoms with Crippen LogP contribution in [0.25, 0.3) is 6.08 Å². The molecular weight excluding hydrogens is 813 g/mol. The molecule has 3 aliphatic carbocycles. The van der Waals surface area contributed by atoms with E-state index in [0.717, 1.165) is 63.4 Å². The third-order valence-electron chi connectivity index (χ3n) is 14.3. The zero-order chi connectivity index (χ0) is 46.3. The lowest BCUT2D eigenvalue weighted by molar-refractivity contribution is -0.190. The molecule has 356 valence electrons. The Balaban J connectivity index is 1.11. The zero-order valence-corrected chi connectivity index (χ0v) is 40.1. The molecule has 2 saturated carbocycles. The molecule has 2 saturated heterocycles. The molecule has 8 atom stereocenters. The lowest BCUT2D eigenvalue weighted by atomic mass is 9.52. The van der Waals surface area contributed by atoms with Gasteiger partial charge in [-0.3, -0.25) is 14.4 Å². The summed E-state index contributed by atoms with van der Waals surface area (Å²) in [6, 6.07) is 7.02. The fourth-order valence-electron chi connectivity index (χ4n) is 10.5. The van der Waals surface area contributed by atoms with E-state index in [1.165, 1.54) is 18.4 Å². The van der Waals surface area contributed by atoms with Crippen molar-refractivity contribution in [3.8, 4) is 0 Å². The Morgan fingerprint density at radius 1 is 0.938 bits per heavy atom. The SMILES string of the molecule is CCCCCC1(CCCCC)OC2C=C(C(=O)NCCC(=O)NC(CO)CCC(=O)OC(C)(C)C)CC(OC(=O)c3ccc(C=C4CCC5OC5(C)CCC5C4CC5(C)C)cc3)C2O1. The molecule has 5 aliphatic rings. The minimum Gasteiger partial charge on any atom is -0.460 e. The molecule has 2 heterocycles. The van der Waals surface area contributed by atoms with Crippen molar-refractivity contribution < 1.29 is 48.0 Å². The van der Waals surface area contributed by atoms with Gasteiger partial charge in [-0.1, -0.05) is 77.2 Å². The first-order chi connectivity index (χ1) is 30.4. The highest BCUT2D eigenvalue weighted by Gasteiger charge is 2.56. The van der Waals surface area contributed by atoms with E-state index >= 15 is 0 Å². The topological polar surface area (TPSA) is 162 Å². The quantitative estimate of drug-likeness (QED) is 0.0655. The van der Waals surface area contributed by atoms with Crippen LogP contribution >= 0.6 is 0 Å². The van der Waals surface area contributed by atoms with Gasteiger partial charge >= 0.3 is 11.9 Å². The molecule has 8 unspecified atom stereocenters. The van der Waals surface area contributed by atoms with Crippen molar-refractivity contribution in [3.05, 3.63) is 52.6 Å². The maximum Gasteiger partial charge on any atom is 0.338 e. The number of rotatable bonds is 20. The second-order valence-corrected chi connectivity index (χ2v) is 21.2. The Hall–Kier alpha value is -3.58. The van der Waals surface area contributed by atoms with Crippen LogP contribution in [-0.2, 0) is 38.1 Å². The van der Waals surface area contributed by atoms with E-state index < -0.39 is 47.7 Å². The second-order valence-electron chi connectivity index (χ2n) is 21.2. The fourth-order valence-corrected chi connectivity index (χ4v) is 10.5. The molecule has 0 radical (unpaired) electrons. The molecule has 1 aromatic carbocycles. The van der Waals surface area contributed by atoms with E-state index in [9.17, 15) is 24.3 Å². The van der Waals surface area contributed by atoms with Crippen LogP contribution in [0.1, 0.15) is 180 Å². The maximum atomic E-state index is 14.0. The summed E-state index contributed by atoms with van der Waals surface area (Å²) >= 11 is 0. The summed E-state index contributed by atoms with van der Waals surface area (Å²) in [6.45, 7) is 16.4. The normalized spacial score (nSPS) is 29.0. The first-order valence-corrected chi connectivity index (χ1v) is 24.5. The van der Waals surface area contributed by atoms with Gasteiger partial charge in [-0.05, 0) is 120 Å². The van der Waals surface area contributed by atoms with Crippen LogP contribution in [0.2, 0.25) is 0 Å². The molecule has 1 aromatic rings. The Labute approximate surface area is 382 Å². The zero-order valence-electron chi connectivity index (χ0n) is 40.1. The van der Waals surface area contributed by atoms with Gasteiger partial charge in [0.25, 0.3) is 0 Å². The van der Waals surface area contributed by atoms with Crippen molar-refractivity contribution in [2.24, 2.45) is 17.3 Å². The van der Waals surface area contributed by atoms with Crippen LogP contribution in [0.5, 0.6) is 0 Å². The third kappa shape index (κ3) is 13.1. The lowest BCUT2D eigenvalue weighted by Crippen LogP contribution is -2.45. The summed E-state index contributed by atoms with van der Waals surface area (Å²) in [5, 5.41) is 15.4. The average Bonchev–Trinajstić information content (AvgIpc) is 3.71. The molecule has 3 N–H and O–H groups in total. The number of carbonyl (C=O) groups excluding carboxylic acids is 4. The van der Waals surface area contributed by atoms with Gasteiger partial charge < -0.3 is 39.4 Å². The Morgan fingerprint density at radius 3 is 2.28 bits per heavy atom. The van der Waals surface area contributed by atoms with E-state index in [1.807, 2.05) is 24.3 Å². The van der Waals surface area contributed by atoms with Gasteiger partial charge in [-0.2, -0.15) is 0 Å². The van der Waals surface area contributed by atoms with Crippen molar-refractivity contribution in [1.29, 1.82) is 0 Å². The number of esters is 2. The molecule has 12 heteroatoms. The van der Waals surface area contributed by atoms with Gasteiger partial charge in [0.1, 0.15) is 23.9 Å². The minimum absolute atomic E-state index is 0.0324. The van der Waals surface area contributed by atoms with Gasteiger partial charge in [0.2, 0.25) is 11.8 Å². The second kappa shape index (κ2) is 21.4. The molecule has 2 amide bonds. The highest BCUT2D eigenvalue weighted by atomic mass is 16.8. The predicted molar refractivity (Wildman–Crippen MR) is 246 cm³/mol. The van der Waals surface area contributed by atoms with Gasteiger partial charge in [-0.15, -0.1) is 0 Å². The highest BCUT2D eigenvalue weighted by Crippen LogP contribution is 2.60. The van der Waals surface area contributed by atoms with Crippen LogP contribution in [0.15, 0.2) is 41.5 Å². The fraction of sp³-hybridized carbons (Fsp3) is 0.731. The summed E-state index contributed by atoms with van der Waals surface area (Å²) in [5.74, 6) is -1.29. The van der Waals surface area contributed by atoms with Crippen molar-refractivity contribution in [1.82, 2.24) is 10.6 Å². The number of benzene rings is 1. The minimum atomic E-state index is -0.846. The Bertz CT molecular complexity index is 1840. The lowest BCUT2D eigenvalue weighted by Gasteiger charge is -2.53.